The van der Waals surface area contributed by atoms with Crippen LogP contribution in [0.4, 0.5) is 5.69 Å². The zero-order valence-corrected chi connectivity index (χ0v) is 11.8. The smallest absolute Gasteiger partial charge is 0.0819 e. The van der Waals surface area contributed by atoms with Gasteiger partial charge in [0.15, 0.2) is 0 Å². The van der Waals surface area contributed by atoms with Gasteiger partial charge in [-0.2, -0.15) is 0 Å². The lowest BCUT2D eigenvalue weighted by molar-refractivity contribution is 0.0381. The summed E-state index contributed by atoms with van der Waals surface area (Å²) in [6, 6.07) is 5.86. The quantitative estimate of drug-likeness (QED) is 0.807. The number of anilines is 1. The van der Waals surface area contributed by atoms with Gasteiger partial charge in [-0.05, 0) is 31.4 Å². The maximum Gasteiger partial charge on any atom is 0.0819 e. The third kappa shape index (κ3) is 3.39. The second-order valence-electron chi connectivity index (χ2n) is 5.42. The van der Waals surface area contributed by atoms with Crippen molar-refractivity contribution >= 4 is 17.3 Å². The largest absolute Gasteiger partial charge is 0.388 e. The number of hydrogen-bond donors (Lipinski definition) is 2. The van der Waals surface area contributed by atoms with Gasteiger partial charge in [-0.1, -0.05) is 49.4 Å². The van der Waals surface area contributed by atoms with E-state index in [1.54, 1.807) is 0 Å². The van der Waals surface area contributed by atoms with E-state index in [1.807, 2.05) is 25.1 Å². The Balaban J connectivity index is 2.02. The van der Waals surface area contributed by atoms with Crippen LogP contribution in [0.5, 0.6) is 0 Å². The molecule has 1 fully saturated rings. The first-order chi connectivity index (χ1) is 8.61. The molecule has 1 aromatic rings. The maximum atomic E-state index is 10.6. The highest BCUT2D eigenvalue weighted by Gasteiger charge is 2.27. The minimum atomic E-state index is -0.567. The third-order valence-corrected chi connectivity index (χ3v) is 4.17. The Labute approximate surface area is 114 Å². The fourth-order valence-corrected chi connectivity index (χ4v) is 2.96. The first-order valence-corrected chi connectivity index (χ1v) is 7.20. The molecule has 0 heterocycles. The standard InChI is InChI=1S/C15H22ClNO/c1-12-7-6-8-13(16)14(12)17-11-15(18)9-4-2-3-5-10-15/h6-8,17-18H,2-5,9-11H2,1H3. The van der Waals surface area contributed by atoms with Gasteiger partial charge >= 0.3 is 0 Å². The van der Waals surface area contributed by atoms with E-state index in [-0.39, 0.29) is 0 Å². The molecule has 0 spiro atoms. The number of nitrogens with one attached hydrogen (secondary N) is 1. The maximum absolute atomic E-state index is 10.6. The Hall–Kier alpha value is -0.730. The Bertz CT molecular complexity index is 377. The summed E-state index contributed by atoms with van der Waals surface area (Å²) in [6.07, 6.45) is 6.52. The molecule has 0 radical (unpaired) electrons. The Kier molecular flexibility index (Phi) is 4.52. The first kappa shape index (κ1) is 13.7. The molecule has 0 unspecified atom stereocenters. The number of para-hydroxylation sites is 1. The van der Waals surface area contributed by atoms with Gasteiger partial charge in [-0.25, -0.2) is 0 Å². The molecule has 2 rings (SSSR count). The summed E-state index contributed by atoms with van der Waals surface area (Å²) >= 11 is 6.18. The average molecular weight is 268 g/mol. The van der Waals surface area contributed by atoms with Crippen LogP contribution in [0.3, 0.4) is 0 Å². The molecular weight excluding hydrogens is 246 g/mol. The van der Waals surface area contributed by atoms with Crippen molar-refractivity contribution in [2.24, 2.45) is 0 Å². The lowest BCUT2D eigenvalue weighted by Crippen LogP contribution is -2.36. The fourth-order valence-electron chi connectivity index (χ4n) is 2.67. The molecule has 2 N–H and O–H groups in total. The lowest BCUT2D eigenvalue weighted by Gasteiger charge is -2.28. The van der Waals surface area contributed by atoms with Gasteiger partial charge in [0.1, 0.15) is 0 Å². The van der Waals surface area contributed by atoms with Crippen LogP contribution < -0.4 is 5.32 Å². The number of aliphatic hydroxyl groups is 1. The highest BCUT2D eigenvalue weighted by molar-refractivity contribution is 6.33. The van der Waals surface area contributed by atoms with E-state index in [1.165, 1.54) is 12.8 Å². The van der Waals surface area contributed by atoms with Crippen LogP contribution in [0.1, 0.15) is 44.1 Å². The molecule has 1 aliphatic rings. The number of aryl methyl sites for hydroxylation is 1. The molecule has 18 heavy (non-hydrogen) atoms. The van der Waals surface area contributed by atoms with Crippen molar-refractivity contribution in [3.63, 3.8) is 0 Å². The van der Waals surface area contributed by atoms with Crippen LogP contribution in [-0.2, 0) is 0 Å². The molecule has 2 nitrogen and oxygen atoms in total. The SMILES string of the molecule is Cc1cccc(Cl)c1NCC1(O)CCCCCC1. The summed E-state index contributed by atoms with van der Waals surface area (Å²) in [5, 5.41) is 14.7. The van der Waals surface area contributed by atoms with Crippen molar-refractivity contribution in [1.82, 2.24) is 0 Å². The van der Waals surface area contributed by atoms with E-state index >= 15 is 0 Å². The summed E-state index contributed by atoms with van der Waals surface area (Å²) in [4.78, 5) is 0. The van der Waals surface area contributed by atoms with Gasteiger partial charge in [0, 0.05) is 6.54 Å². The summed E-state index contributed by atoms with van der Waals surface area (Å²) in [5.41, 5.74) is 1.51. The number of halogens is 1. The summed E-state index contributed by atoms with van der Waals surface area (Å²) in [6.45, 7) is 2.63. The molecule has 0 saturated heterocycles. The van der Waals surface area contributed by atoms with E-state index in [2.05, 4.69) is 5.32 Å². The van der Waals surface area contributed by atoms with E-state index in [0.29, 0.717) is 6.54 Å². The minimum absolute atomic E-state index is 0.567. The number of hydrogen-bond acceptors (Lipinski definition) is 2. The van der Waals surface area contributed by atoms with Gasteiger partial charge in [0.25, 0.3) is 0 Å². The second kappa shape index (κ2) is 5.94. The van der Waals surface area contributed by atoms with Gasteiger partial charge in [-0.3, -0.25) is 0 Å². The molecule has 0 aromatic heterocycles. The lowest BCUT2D eigenvalue weighted by atomic mass is 9.94. The predicted octanol–water partition coefficient (Wildman–Crippen LogP) is 4.15. The van der Waals surface area contributed by atoms with Gasteiger partial charge in [-0.15, -0.1) is 0 Å². The molecule has 0 atom stereocenters. The van der Waals surface area contributed by atoms with Crippen molar-refractivity contribution in [1.29, 1.82) is 0 Å². The molecule has 1 saturated carbocycles. The topological polar surface area (TPSA) is 32.3 Å². The van der Waals surface area contributed by atoms with E-state index < -0.39 is 5.60 Å². The van der Waals surface area contributed by atoms with Crippen molar-refractivity contribution in [2.45, 2.75) is 51.0 Å². The molecule has 3 heteroatoms. The Morgan fingerprint density at radius 2 is 1.89 bits per heavy atom. The highest BCUT2D eigenvalue weighted by atomic mass is 35.5. The van der Waals surface area contributed by atoms with Crippen molar-refractivity contribution < 1.29 is 5.11 Å². The molecular formula is C15H22ClNO. The summed E-state index contributed by atoms with van der Waals surface area (Å²) in [7, 11) is 0. The Morgan fingerprint density at radius 1 is 1.22 bits per heavy atom. The first-order valence-electron chi connectivity index (χ1n) is 6.82. The van der Waals surface area contributed by atoms with Crippen LogP contribution in [0, 0.1) is 6.92 Å². The van der Waals surface area contributed by atoms with E-state index in [9.17, 15) is 5.11 Å². The van der Waals surface area contributed by atoms with Crippen LogP contribution in [0.2, 0.25) is 5.02 Å². The molecule has 1 aromatic carbocycles. The van der Waals surface area contributed by atoms with Crippen molar-refractivity contribution in [3.05, 3.63) is 28.8 Å². The average Bonchev–Trinajstić information content (AvgIpc) is 2.54. The molecule has 100 valence electrons. The zero-order chi connectivity index (χ0) is 13.0. The number of rotatable bonds is 3. The Morgan fingerprint density at radius 3 is 2.50 bits per heavy atom. The van der Waals surface area contributed by atoms with Crippen LogP contribution >= 0.6 is 11.6 Å². The summed E-state index contributed by atoms with van der Waals surface area (Å²) in [5.74, 6) is 0. The fraction of sp³-hybridized carbons (Fsp3) is 0.600. The molecule has 0 bridgehead atoms. The zero-order valence-electron chi connectivity index (χ0n) is 11.0. The van der Waals surface area contributed by atoms with Crippen molar-refractivity contribution in [3.8, 4) is 0 Å². The van der Waals surface area contributed by atoms with Gasteiger partial charge < -0.3 is 10.4 Å². The third-order valence-electron chi connectivity index (χ3n) is 3.85. The van der Waals surface area contributed by atoms with E-state index in [0.717, 1.165) is 42.0 Å². The van der Waals surface area contributed by atoms with Gasteiger partial charge in [0.05, 0.1) is 16.3 Å². The summed E-state index contributed by atoms with van der Waals surface area (Å²) < 4.78 is 0. The van der Waals surface area contributed by atoms with Crippen LogP contribution in [-0.4, -0.2) is 17.3 Å². The molecule has 0 amide bonds. The van der Waals surface area contributed by atoms with E-state index in [4.69, 9.17) is 11.6 Å². The van der Waals surface area contributed by atoms with Crippen LogP contribution in [0.15, 0.2) is 18.2 Å². The molecule has 0 aliphatic heterocycles. The van der Waals surface area contributed by atoms with Gasteiger partial charge in [0.2, 0.25) is 0 Å². The van der Waals surface area contributed by atoms with Crippen LogP contribution in [0.25, 0.3) is 0 Å². The number of benzene rings is 1. The molecule has 1 aliphatic carbocycles. The second-order valence-corrected chi connectivity index (χ2v) is 5.83. The highest BCUT2D eigenvalue weighted by Crippen LogP contribution is 2.30. The normalized spacial score (nSPS) is 19.3. The minimum Gasteiger partial charge on any atom is -0.388 e. The predicted molar refractivity (Wildman–Crippen MR) is 77.3 cm³/mol. The monoisotopic (exact) mass is 267 g/mol. The van der Waals surface area contributed by atoms with Crippen molar-refractivity contribution in [2.75, 3.05) is 11.9 Å².